The van der Waals surface area contributed by atoms with Crippen molar-refractivity contribution in [3.05, 3.63) is 46.7 Å². The Kier molecular flexibility index (Phi) is 3.52. The smallest absolute Gasteiger partial charge is 0.0663 e. The Morgan fingerprint density at radius 1 is 1.38 bits per heavy atom. The number of halogens is 2. The molecule has 1 aromatic heterocycles. The molecule has 0 bridgehead atoms. The molecule has 1 aromatic carbocycles. The number of nitrogens with zero attached hydrogens (tertiary/aromatic N) is 2. The summed E-state index contributed by atoms with van der Waals surface area (Å²) in [6.45, 7) is 2.09. The van der Waals surface area contributed by atoms with Crippen molar-refractivity contribution in [2.24, 2.45) is 0 Å². The van der Waals surface area contributed by atoms with E-state index in [0.717, 1.165) is 23.4 Å². The number of hydrogen-bond donors (Lipinski definition) is 0. The zero-order valence-corrected chi connectivity index (χ0v) is 10.5. The maximum absolute atomic E-state index is 5.96. The molecule has 0 fully saturated rings. The molecule has 2 aromatic rings. The highest BCUT2D eigenvalue weighted by atomic mass is 35.5. The van der Waals surface area contributed by atoms with Gasteiger partial charge in [0.15, 0.2) is 0 Å². The fraction of sp³-hybridized carbons (Fsp3) is 0.250. The van der Waals surface area contributed by atoms with Gasteiger partial charge in [0, 0.05) is 16.3 Å². The zero-order valence-electron chi connectivity index (χ0n) is 8.95. The Morgan fingerprint density at radius 2 is 2.19 bits per heavy atom. The molecule has 0 radical (unpaired) electrons. The Morgan fingerprint density at radius 3 is 2.81 bits per heavy atom. The van der Waals surface area contributed by atoms with Gasteiger partial charge in [-0.3, -0.25) is 0 Å². The first-order chi connectivity index (χ1) is 7.76. The molecule has 0 spiro atoms. The van der Waals surface area contributed by atoms with Crippen LogP contribution in [0.4, 0.5) is 0 Å². The highest BCUT2D eigenvalue weighted by Crippen LogP contribution is 2.19. The van der Waals surface area contributed by atoms with Crippen LogP contribution >= 0.6 is 23.2 Å². The van der Waals surface area contributed by atoms with Gasteiger partial charge in [0.1, 0.15) is 0 Å². The summed E-state index contributed by atoms with van der Waals surface area (Å²) in [5.41, 5.74) is 3.18. The molecule has 0 aliphatic heterocycles. The van der Waals surface area contributed by atoms with Gasteiger partial charge in [0.2, 0.25) is 0 Å². The first-order valence-corrected chi connectivity index (χ1v) is 6.05. The molecule has 0 unspecified atom stereocenters. The summed E-state index contributed by atoms with van der Waals surface area (Å²) in [6, 6.07) is 7.64. The van der Waals surface area contributed by atoms with Crippen molar-refractivity contribution < 1.29 is 0 Å². The maximum Gasteiger partial charge on any atom is 0.0663 e. The van der Waals surface area contributed by atoms with E-state index >= 15 is 0 Å². The SMILES string of the molecule is CCc1c(CCl)cnn1-c1cccc(Cl)c1. The van der Waals surface area contributed by atoms with Crippen molar-refractivity contribution in [2.75, 3.05) is 0 Å². The molecule has 0 aliphatic rings. The summed E-state index contributed by atoms with van der Waals surface area (Å²) in [4.78, 5) is 0. The molecule has 4 heteroatoms. The van der Waals surface area contributed by atoms with Gasteiger partial charge < -0.3 is 0 Å². The minimum absolute atomic E-state index is 0.490. The van der Waals surface area contributed by atoms with E-state index in [1.54, 1.807) is 0 Å². The number of benzene rings is 1. The second kappa shape index (κ2) is 4.89. The topological polar surface area (TPSA) is 17.8 Å². The van der Waals surface area contributed by atoms with Crippen LogP contribution in [-0.2, 0) is 12.3 Å². The summed E-state index contributed by atoms with van der Waals surface area (Å²) in [6.07, 6.45) is 2.71. The van der Waals surface area contributed by atoms with E-state index in [4.69, 9.17) is 23.2 Å². The van der Waals surface area contributed by atoms with Gasteiger partial charge in [-0.2, -0.15) is 5.10 Å². The molecule has 0 amide bonds. The van der Waals surface area contributed by atoms with Gasteiger partial charge in [-0.15, -0.1) is 11.6 Å². The van der Waals surface area contributed by atoms with Gasteiger partial charge in [-0.25, -0.2) is 4.68 Å². The van der Waals surface area contributed by atoms with Gasteiger partial charge in [-0.05, 0) is 24.6 Å². The van der Waals surface area contributed by atoms with E-state index in [-0.39, 0.29) is 0 Å². The second-order valence-corrected chi connectivity index (χ2v) is 4.20. The van der Waals surface area contributed by atoms with Crippen molar-refractivity contribution in [1.82, 2.24) is 9.78 Å². The normalized spacial score (nSPS) is 10.7. The molecule has 0 N–H and O–H groups in total. The van der Waals surface area contributed by atoms with Crippen molar-refractivity contribution in [2.45, 2.75) is 19.2 Å². The summed E-state index contributed by atoms with van der Waals surface area (Å²) in [7, 11) is 0. The summed E-state index contributed by atoms with van der Waals surface area (Å²) in [5.74, 6) is 0.490. The highest BCUT2D eigenvalue weighted by molar-refractivity contribution is 6.30. The molecule has 0 saturated heterocycles. The van der Waals surface area contributed by atoms with Crippen LogP contribution in [0.1, 0.15) is 18.2 Å². The largest absolute Gasteiger partial charge is 0.237 e. The van der Waals surface area contributed by atoms with Crippen molar-refractivity contribution in [1.29, 1.82) is 0 Å². The van der Waals surface area contributed by atoms with E-state index in [0.29, 0.717) is 10.9 Å². The summed E-state index contributed by atoms with van der Waals surface area (Å²) < 4.78 is 1.89. The second-order valence-electron chi connectivity index (χ2n) is 3.50. The van der Waals surface area contributed by atoms with Crippen LogP contribution < -0.4 is 0 Å². The average molecular weight is 255 g/mol. The fourth-order valence-electron chi connectivity index (χ4n) is 1.73. The average Bonchev–Trinajstić information content (AvgIpc) is 2.71. The molecule has 1 heterocycles. The lowest BCUT2D eigenvalue weighted by atomic mass is 10.2. The molecule has 2 nitrogen and oxygen atoms in total. The number of rotatable bonds is 3. The van der Waals surface area contributed by atoms with Gasteiger partial charge in [0.05, 0.1) is 17.8 Å². The van der Waals surface area contributed by atoms with Crippen LogP contribution in [0, 0.1) is 0 Å². The maximum atomic E-state index is 5.96. The van der Waals surface area contributed by atoms with Crippen LogP contribution in [-0.4, -0.2) is 9.78 Å². The molecule has 16 heavy (non-hydrogen) atoms. The van der Waals surface area contributed by atoms with Gasteiger partial charge in [-0.1, -0.05) is 24.6 Å². The molecule has 0 atom stereocenters. The summed E-state index contributed by atoms with van der Waals surface area (Å²) >= 11 is 11.8. The molecule has 0 aliphatic carbocycles. The monoisotopic (exact) mass is 254 g/mol. The van der Waals surface area contributed by atoms with E-state index in [9.17, 15) is 0 Å². The first kappa shape index (κ1) is 11.5. The van der Waals surface area contributed by atoms with E-state index in [2.05, 4.69) is 12.0 Å². The Balaban J connectivity index is 2.51. The highest BCUT2D eigenvalue weighted by Gasteiger charge is 2.09. The zero-order chi connectivity index (χ0) is 11.5. The number of alkyl halides is 1. The van der Waals surface area contributed by atoms with Crippen LogP contribution in [0.15, 0.2) is 30.5 Å². The van der Waals surface area contributed by atoms with Crippen LogP contribution in [0.3, 0.4) is 0 Å². The molecule has 2 rings (SSSR count). The van der Waals surface area contributed by atoms with Crippen LogP contribution in [0.25, 0.3) is 5.69 Å². The molecular formula is C12H12Cl2N2. The number of hydrogen-bond acceptors (Lipinski definition) is 1. The number of aromatic nitrogens is 2. The quantitative estimate of drug-likeness (QED) is 0.762. The van der Waals surface area contributed by atoms with Crippen molar-refractivity contribution in [3.63, 3.8) is 0 Å². The predicted molar refractivity (Wildman–Crippen MR) is 67.5 cm³/mol. The van der Waals surface area contributed by atoms with E-state index in [1.165, 1.54) is 0 Å². The third kappa shape index (κ3) is 2.08. The summed E-state index contributed by atoms with van der Waals surface area (Å²) in [5, 5.41) is 5.05. The minimum Gasteiger partial charge on any atom is -0.237 e. The van der Waals surface area contributed by atoms with Gasteiger partial charge >= 0.3 is 0 Å². The fourth-order valence-corrected chi connectivity index (χ4v) is 2.13. The van der Waals surface area contributed by atoms with Crippen LogP contribution in [0.2, 0.25) is 5.02 Å². The Labute approximate surface area is 105 Å². The predicted octanol–water partition coefficient (Wildman–Crippen LogP) is 3.83. The van der Waals surface area contributed by atoms with E-state index < -0.39 is 0 Å². The third-order valence-corrected chi connectivity index (χ3v) is 3.01. The Hall–Kier alpha value is -0.990. The van der Waals surface area contributed by atoms with Crippen LogP contribution in [0.5, 0.6) is 0 Å². The third-order valence-electron chi connectivity index (χ3n) is 2.49. The lowest BCUT2D eigenvalue weighted by Gasteiger charge is -2.07. The molecule has 84 valence electrons. The lowest BCUT2D eigenvalue weighted by molar-refractivity contribution is 0.811. The first-order valence-electron chi connectivity index (χ1n) is 5.14. The molecular weight excluding hydrogens is 243 g/mol. The Bertz CT molecular complexity index is 492. The van der Waals surface area contributed by atoms with Gasteiger partial charge in [0.25, 0.3) is 0 Å². The van der Waals surface area contributed by atoms with Crippen molar-refractivity contribution in [3.8, 4) is 5.69 Å². The van der Waals surface area contributed by atoms with Crippen molar-refractivity contribution >= 4 is 23.2 Å². The molecule has 0 saturated carbocycles. The minimum atomic E-state index is 0.490. The lowest BCUT2D eigenvalue weighted by Crippen LogP contribution is -2.02. The van der Waals surface area contributed by atoms with E-state index in [1.807, 2.05) is 35.1 Å². The standard InChI is InChI=1S/C12H12Cl2N2/c1-2-12-9(7-13)8-15-16(12)11-5-3-4-10(14)6-11/h3-6,8H,2,7H2,1H3.